The smallest absolute Gasteiger partial charge is 0.267 e. The van der Waals surface area contributed by atoms with Gasteiger partial charge < -0.3 is 13.9 Å². The molecule has 0 spiro atoms. The van der Waals surface area contributed by atoms with Crippen LogP contribution in [-0.4, -0.2) is 14.1 Å². The summed E-state index contributed by atoms with van der Waals surface area (Å²) in [6.45, 7) is 29.4. The summed E-state index contributed by atoms with van der Waals surface area (Å²) in [4.78, 5) is 4.97. The minimum absolute atomic E-state index is 0. The van der Waals surface area contributed by atoms with E-state index in [0.717, 1.165) is 50.3 Å². The maximum absolute atomic E-state index is 7.04. The van der Waals surface area contributed by atoms with Gasteiger partial charge in [0.15, 0.2) is 0 Å². The Hall–Kier alpha value is -6.03. The number of rotatable bonds is 9. The minimum Gasteiger partial charge on any atom is -0.510 e. The fourth-order valence-electron chi connectivity index (χ4n) is 9.15. The molecule has 9 rings (SSSR count). The number of benzene rings is 6. The fraction of sp³-hybridized carbons (Fsp3) is 0.290. The van der Waals surface area contributed by atoms with E-state index < -0.39 is 10.8 Å². The van der Waals surface area contributed by atoms with E-state index in [0.29, 0.717) is 11.5 Å². The maximum atomic E-state index is 7.04. The zero-order chi connectivity index (χ0) is 47.7. The van der Waals surface area contributed by atoms with Crippen molar-refractivity contribution in [2.75, 3.05) is 0 Å². The molecule has 3 heterocycles. The van der Waals surface area contributed by atoms with Crippen molar-refractivity contribution < 1.29 is 30.4 Å². The van der Waals surface area contributed by atoms with Gasteiger partial charge in [-0.05, 0) is 90.9 Å². The first-order valence-electron chi connectivity index (χ1n) is 23.6. The third-order valence-corrected chi connectivity index (χ3v) is 13.7. The predicted octanol–water partition coefficient (Wildman–Crippen LogP) is 15.0. The van der Waals surface area contributed by atoms with Gasteiger partial charge in [-0.2, -0.15) is 12.1 Å². The van der Waals surface area contributed by atoms with Gasteiger partial charge >= 0.3 is 0 Å². The van der Waals surface area contributed by atoms with Crippen LogP contribution in [-0.2, 0) is 48.1 Å². The molecule has 0 atom stereocenters. The Morgan fingerprint density at radius 2 is 1.10 bits per heavy atom. The van der Waals surface area contributed by atoms with Crippen LogP contribution in [0.25, 0.3) is 39.0 Å². The third kappa shape index (κ3) is 9.27. The summed E-state index contributed by atoms with van der Waals surface area (Å²) in [5.74, 6) is 2.03. The molecule has 0 bridgehead atoms. The standard InChI is InChI=1S/C62H64N4O.Pt/c1-58(2,3)44-25-20-26-48(33-44)64-40-56(62(12,13)43-23-18-15-19-24-43)65(41-64)49-34-47(61(10,11)42-21-16-14-17-22-42)35-51(38-49)67-50-28-29-52-53-36-45(59(4,5)6)27-30-54(53)66(55(52)39-50)57-37-46(31-32-63-57)60(7,8)9;/h14-37,40H,1-13H3;/q-2;. The van der Waals surface area contributed by atoms with Crippen molar-refractivity contribution in [2.45, 2.75) is 117 Å². The summed E-state index contributed by atoms with van der Waals surface area (Å²) in [6.07, 6.45) is 7.95. The second-order valence-corrected chi connectivity index (χ2v) is 22.4. The van der Waals surface area contributed by atoms with Crippen molar-refractivity contribution in [1.82, 2.24) is 14.1 Å². The van der Waals surface area contributed by atoms with E-state index in [2.05, 4.69) is 262 Å². The van der Waals surface area contributed by atoms with E-state index in [4.69, 9.17) is 9.72 Å². The van der Waals surface area contributed by atoms with Crippen LogP contribution in [0.15, 0.2) is 152 Å². The second kappa shape index (κ2) is 17.8. The summed E-state index contributed by atoms with van der Waals surface area (Å²) in [6, 6.07) is 57.5. The maximum Gasteiger partial charge on any atom is 0.267 e. The topological polar surface area (TPSA) is 35.9 Å². The van der Waals surface area contributed by atoms with Gasteiger partial charge in [0.05, 0.1) is 11.4 Å². The van der Waals surface area contributed by atoms with E-state index in [1.807, 2.05) is 12.3 Å². The number of hydrogen-bond donors (Lipinski definition) is 0. The molecule has 0 radical (unpaired) electrons. The summed E-state index contributed by atoms with van der Waals surface area (Å²) in [5.41, 5.74) is 11.3. The van der Waals surface area contributed by atoms with E-state index in [1.54, 1.807) is 0 Å². The first-order chi connectivity index (χ1) is 31.6. The zero-order valence-corrected chi connectivity index (χ0v) is 44.2. The molecule has 6 aromatic carbocycles. The molecule has 0 saturated heterocycles. The number of aromatic nitrogens is 4. The van der Waals surface area contributed by atoms with Crippen LogP contribution in [0.4, 0.5) is 0 Å². The van der Waals surface area contributed by atoms with Crippen molar-refractivity contribution in [2.24, 2.45) is 0 Å². The molecule has 0 amide bonds. The average molecular weight is 1080 g/mol. The Morgan fingerprint density at radius 1 is 0.500 bits per heavy atom. The summed E-state index contributed by atoms with van der Waals surface area (Å²) in [7, 11) is 0. The van der Waals surface area contributed by atoms with Crippen molar-refractivity contribution in [3.63, 3.8) is 0 Å². The van der Waals surface area contributed by atoms with Gasteiger partial charge in [-0.1, -0.05) is 180 Å². The molecule has 0 fully saturated rings. The Bertz CT molecular complexity index is 3260. The SMILES string of the molecule is CC(C)(C)c1cccc(-[n+]2[c-]n(-c3[c-]c(Oc4[c-]c5c(cc4)c4cc(C(C)(C)C)ccc4n5-c4cc(C(C)(C)C)ccn4)cc(C(C)(C)c4ccccc4)c3)c(C(C)(C)c3ccccc3)c2)c1.[Pt]. The Balaban J connectivity index is 0.00000625. The van der Waals surface area contributed by atoms with Crippen LogP contribution >= 0.6 is 0 Å². The molecular weight excluding hydrogens is 1010 g/mol. The van der Waals surface area contributed by atoms with Crippen molar-refractivity contribution in [3.8, 4) is 28.7 Å². The zero-order valence-electron chi connectivity index (χ0n) is 41.9. The summed E-state index contributed by atoms with van der Waals surface area (Å²) >= 11 is 0. The van der Waals surface area contributed by atoms with Gasteiger partial charge in [-0.3, -0.25) is 4.57 Å². The molecule has 3 aromatic heterocycles. The van der Waals surface area contributed by atoms with Gasteiger partial charge in [0.1, 0.15) is 5.82 Å². The number of ether oxygens (including phenoxy) is 1. The van der Waals surface area contributed by atoms with Crippen LogP contribution in [0.5, 0.6) is 11.5 Å². The molecule has 0 aliphatic rings. The monoisotopic (exact) mass is 1080 g/mol. The van der Waals surface area contributed by atoms with Crippen molar-refractivity contribution in [3.05, 3.63) is 209 Å². The molecule has 5 nitrogen and oxygen atoms in total. The molecule has 0 saturated carbocycles. The molecule has 9 aromatic rings. The van der Waals surface area contributed by atoms with Crippen LogP contribution in [0.1, 0.15) is 129 Å². The number of hydrogen-bond acceptors (Lipinski definition) is 2. The van der Waals surface area contributed by atoms with E-state index in [9.17, 15) is 0 Å². The fourth-order valence-corrected chi connectivity index (χ4v) is 9.15. The van der Waals surface area contributed by atoms with Gasteiger partial charge in [0.25, 0.3) is 6.33 Å². The Kier molecular flexibility index (Phi) is 12.7. The average Bonchev–Trinajstić information content (AvgIpc) is 3.89. The molecule has 6 heteroatoms. The van der Waals surface area contributed by atoms with E-state index in [-0.39, 0.29) is 37.3 Å². The third-order valence-electron chi connectivity index (χ3n) is 13.7. The van der Waals surface area contributed by atoms with E-state index >= 15 is 0 Å². The first kappa shape index (κ1) is 48.4. The predicted molar refractivity (Wildman–Crippen MR) is 276 cm³/mol. The van der Waals surface area contributed by atoms with Crippen molar-refractivity contribution in [1.29, 1.82) is 0 Å². The van der Waals surface area contributed by atoms with Crippen LogP contribution in [0.2, 0.25) is 0 Å². The van der Waals surface area contributed by atoms with Crippen molar-refractivity contribution >= 4 is 21.8 Å². The first-order valence-corrected chi connectivity index (χ1v) is 23.6. The van der Waals surface area contributed by atoms with Crippen LogP contribution in [0, 0.1) is 18.5 Å². The summed E-state index contributed by atoms with van der Waals surface area (Å²) < 4.78 is 13.6. The quantitative estimate of drug-likeness (QED) is 0.107. The molecule has 0 N–H and O–H groups in total. The Labute approximate surface area is 419 Å². The number of fused-ring (bicyclic) bond motifs is 3. The Morgan fingerprint density at radius 3 is 1.75 bits per heavy atom. The molecule has 0 aliphatic carbocycles. The minimum atomic E-state index is -0.415. The van der Waals surface area contributed by atoms with Crippen LogP contribution < -0.4 is 9.30 Å². The van der Waals surface area contributed by atoms with Crippen LogP contribution in [0.3, 0.4) is 0 Å². The van der Waals surface area contributed by atoms with Gasteiger partial charge in [-0.15, -0.1) is 35.2 Å². The largest absolute Gasteiger partial charge is 0.510 e. The normalized spacial score (nSPS) is 12.7. The van der Waals surface area contributed by atoms with Gasteiger partial charge in [0.2, 0.25) is 0 Å². The number of imidazole rings is 1. The molecule has 0 aliphatic heterocycles. The number of nitrogens with zero attached hydrogens (tertiary/aromatic N) is 4. The second-order valence-electron chi connectivity index (χ2n) is 22.4. The molecule has 68 heavy (non-hydrogen) atoms. The van der Waals surface area contributed by atoms with Gasteiger partial charge in [-0.25, -0.2) is 4.98 Å². The van der Waals surface area contributed by atoms with Gasteiger partial charge in [0, 0.05) is 55.9 Å². The number of pyridine rings is 1. The molecule has 350 valence electrons. The molecule has 0 unspecified atom stereocenters. The van der Waals surface area contributed by atoms with E-state index in [1.165, 1.54) is 27.8 Å². The summed E-state index contributed by atoms with van der Waals surface area (Å²) in [5, 5.41) is 2.25. The molecular formula is C62H64N4OPt-2.